The van der Waals surface area contributed by atoms with Crippen molar-refractivity contribution in [3.8, 4) is 0 Å². The number of fused-ring (bicyclic) bond motifs is 6. The molecule has 6 aromatic carbocycles. The quantitative estimate of drug-likeness (QED) is 0.205. The molecule has 0 radical (unpaired) electrons. The monoisotopic (exact) mass is 588 g/mol. The van der Waals surface area contributed by atoms with Gasteiger partial charge in [0.25, 0.3) is 0 Å². The predicted molar refractivity (Wildman–Crippen MR) is 191 cm³/mol. The van der Waals surface area contributed by atoms with Crippen LogP contribution in [-0.4, -0.2) is 9.97 Å². The number of para-hydroxylation sites is 2. The fourth-order valence-electron chi connectivity index (χ4n) is 7.82. The summed E-state index contributed by atoms with van der Waals surface area (Å²) in [6.07, 6.45) is 0.792. The fourth-order valence-corrected chi connectivity index (χ4v) is 7.82. The highest BCUT2D eigenvalue weighted by Crippen LogP contribution is 2.54. The summed E-state index contributed by atoms with van der Waals surface area (Å²) in [5.74, 6) is 0. The van der Waals surface area contributed by atoms with E-state index in [9.17, 15) is 0 Å². The summed E-state index contributed by atoms with van der Waals surface area (Å²) in [5.41, 5.74) is 14.2. The Labute approximate surface area is 268 Å². The fraction of sp³-hybridized carbons (Fsp3) is 0.0455. The topological polar surface area (TPSA) is 31.6 Å². The van der Waals surface area contributed by atoms with Gasteiger partial charge in [-0.15, -0.1) is 0 Å². The van der Waals surface area contributed by atoms with E-state index in [1.165, 1.54) is 66.7 Å². The maximum Gasteiger partial charge on any atom is 0.0649 e. The van der Waals surface area contributed by atoms with Crippen molar-refractivity contribution in [2.24, 2.45) is 0 Å². The average molecular weight is 589 g/mol. The summed E-state index contributed by atoms with van der Waals surface area (Å²) >= 11 is 0. The van der Waals surface area contributed by atoms with Crippen LogP contribution in [0.3, 0.4) is 0 Å². The SMILES string of the molecule is c1ccc(C(=C2c3[nH]c4ccccc4c3CC(c3ccccc3)(c3ccccc3)c3[nH]c4ccccc4c32)c2ccccc2)cc1. The minimum absolute atomic E-state index is 0.489. The van der Waals surface area contributed by atoms with E-state index in [4.69, 9.17) is 0 Å². The van der Waals surface area contributed by atoms with E-state index in [0.29, 0.717) is 0 Å². The van der Waals surface area contributed by atoms with Crippen LogP contribution in [0.4, 0.5) is 0 Å². The Morgan fingerprint density at radius 3 is 1.48 bits per heavy atom. The molecule has 0 saturated carbocycles. The summed E-state index contributed by atoms with van der Waals surface area (Å²) < 4.78 is 0. The third-order valence-corrected chi connectivity index (χ3v) is 9.80. The Kier molecular flexibility index (Phi) is 6.14. The first kappa shape index (κ1) is 26.5. The maximum atomic E-state index is 4.06. The highest BCUT2D eigenvalue weighted by Gasteiger charge is 2.45. The molecule has 0 unspecified atom stereocenters. The second-order valence-corrected chi connectivity index (χ2v) is 12.2. The van der Waals surface area contributed by atoms with E-state index >= 15 is 0 Å². The molecule has 0 bridgehead atoms. The summed E-state index contributed by atoms with van der Waals surface area (Å²) in [4.78, 5) is 8.05. The number of rotatable bonds is 4. The van der Waals surface area contributed by atoms with Gasteiger partial charge in [0.2, 0.25) is 0 Å². The zero-order valence-corrected chi connectivity index (χ0v) is 25.4. The Balaban J connectivity index is 1.56. The second kappa shape index (κ2) is 10.6. The first-order chi connectivity index (χ1) is 22.8. The highest BCUT2D eigenvalue weighted by molar-refractivity contribution is 6.13. The minimum Gasteiger partial charge on any atom is -0.357 e. The van der Waals surface area contributed by atoms with Crippen LogP contribution in [-0.2, 0) is 11.8 Å². The molecule has 1 aliphatic rings. The van der Waals surface area contributed by atoms with Gasteiger partial charge in [-0.1, -0.05) is 158 Å². The van der Waals surface area contributed by atoms with Crippen molar-refractivity contribution in [2.45, 2.75) is 11.8 Å². The van der Waals surface area contributed by atoms with Crippen LogP contribution in [0, 0.1) is 0 Å². The smallest absolute Gasteiger partial charge is 0.0649 e. The molecule has 2 aromatic heterocycles. The number of aromatic nitrogens is 2. The molecule has 46 heavy (non-hydrogen) atoms. The van der Waals surface area contributed by atoms with Gasteiger partial charge in [0.15, 0.2) is 0 Å². The van der Waals surface area contributed by atoms with Crippen molar-refractivity contribution < 1.29 is 0 Å². The summed E-state index contributed by atoms with van der Waals surface area (Å²) in [7, 11) is 0. The number of hydrogen-bond acceptors (Lipinski definition) is 0. The molecule has 0 fully saturated rings. The van der Waals surface area contributed by atoms with Crippen molar-refractivity contribution in [1.29, 1.82) is 0 Å². The van der Waals surface area contributed by atoms with Crippen LogP contribution in [0.5, 0.6) is 0 Å². The normalized spacial score (nSPS) is 13.7. The molecule has 2 N–H and O–H groups in total. The first-order valence-corrected chi connectivity index (χ1v) is 16.0. The van der Waals surface area contributed by atoms with Gasteiger partial charge in [-0.3, -0.25) is 0 Å². The van der Waals surface area contributed by atoms with Crippen LogP contribution >= 0.6 is 0 Å². The molecule has 2 heterocycles. The van der Waals surface area contributed by atoms with Crippen molar-refractivity contribution in [3.63, 3.8) is 0 Å². The summed E-state index contributed by atoms with van der Waals surface area (Å²) in [6.45, 7) is 0. The van der Waals surface area contributed by atoms with Gasteiger partial charge in [-0.05, 0) is 51.9 Å². The molecule has 0 spiro atoms. The molecule has 8 aromatic rings. The summed E-state index contributed by atoms with van der Waals surface area (Å²) in [5, 5.41) is 2.49. The molecule has 2 heteroatoms. The molecular formula is C44H32N2. The van der Waals surface area contributed by atoms with E-state index in [0.717, 1.165) is 17.5 Å². The zero-order valence-electron chi connectivity index (χ0n) is 25.4. The molecule has 218 valence electrons. The number of hydrogen-bond donors (Lipinski definition) is 2. The molecule has 9 rings (SSSR count). The predicted octanol–water partition coefficient (Wildman–Crippen LogP) is 10.5. The zero-order chi connectivity index (χ0) is 30.5. The number of H-pyrrole nitrogens is 2. The van der Waals surface area contributed by atoms with Gasteiger partial charge in [0, 0.05) is 38.6 Å². The first-order valence-electron chi connectivity index (χ1n) is 16.0. The largest absolute Gasteiger partial charge is 0.357 e. The van der Waals surface area contributed by atoms with Gasteiger partial charge in [0.1, 0.15) is 0 Å². The van der Waals surface area contributed by atoms with Gasteiger partial charge in [-0.25, -0.2) is 0 Å². The van der Waals surface area contributed by atoms with Crippen LogP contribution in [0.15, 0.2) is 170 Å². The van der Waals surface area contributed by atoms with Crippen molar-refractivity contribution in [3.05, 3.63) is 215 Å². The van der Waals surface area contributed by atoms with E-state index < -0.39 is 5.41 Å². The molecule has 0 amide bonds. The van der Waals surface area contributed by atoms with Crippen LogP contribution in [0.2, 0.25) is 0 Å². The van der Waals surface area contributed by atoms with Crippen LogP contribution < -0.4 is 0 Å². The lowest BCUT2D eigenvalue weighted by atomic mass is 9.68. The molecular weight excluding hydrogens is 556 g/mol. The number of benzene rings is 6. The molecule has 2 nitrogen and oxygen atoms in total. The molecule has 1 aliphatic carbocycles. The van der Waals surface area contributed by atoms with E-state index in [1.54, 1.807) is 0 Å². The molecule has 0 saturated heterocycles. The average Bonchev–Trinajstić information content (AvgIpc) is 3.66. The minimum atomic E-state index is -0.489. The Bertz CT molecular complexity index is 2280. The van der Waals surface area contributed by atoms with Crippen LogP contribution in [0.25, 0.3) is 33.0 Å². The Morgan fingerprint density at radius 1 is 0.457 bits per heavy atom. The third-order valence-electron chi connectivity index (χ3n) is 9.80. The van der Waals surface area contributed by atoms with Gasteiger partial charge in [0.05, 0.1) is 11.1 Å². The lowest BCUT2D eigenvalue weighted by molar-refractivity contribution is 0.601. The standard InChI is InChI=1S/C44H32N2/c1-5-17-30(18-6-1)39(31-19-7-2-8-20-31)41-40-35-26-14-16-28-38(35)46-43(40)44(32-21-9-3-10-22-32,33-23-11-4-12-24-33)29-36-34-25-13-15-27-37(34)45-42(36)41/h1-28,45-46H,29H2. The van der Waals surface area contributed by atoms with E-state index in [2.05, 4.69) is 180 Å². The lowest BCUT2D eigenvalue weighted by Crippen LogP contribution is -2.32. The summed E-state index contributed by atoms with van der Waals surface area (Å²) in [6, 6.07) is 61.6. The Morgan fingerprint density at radius 2 is 0.913 bits per heavy atom. The number of nitrogens with one attached hydrogen (secondary N) is 2. The lowest BCUT2D eigenvalue weighted by Gasteiger charge is -2.35. The van der Waals surface area contributed by atoms with Crippen molar-refractivity contribution in [2.75, 3.05) is 0 Å². The molecule has 0 aliphatic heterocycles. The van der Waals surface area contributed by atoms with E-state index in [-0.39, 0.29) is 0 Å². The number of aromatic amines is 2. The van der Waals surface area contributed by atoms with Crippen LogP contribution in [0.1, 0.15) is 44.8 Å². The van der Waals surface area contributed by atoms with Gasteiger partial charge < -0.3 is 9.97 Å². The van der Waals surface area contributed by atoms with Crippen molar-refractivity contribution >= 4 is 33.0 Å². The van der Waals surface area contributed by atoms with Gasteiger partial charge in [-0.2, -0.15) is 0 Å². The third kappa shape index (κ3) is 3.97. The second-order valence-electron chi connectivity index (χ2n) is 12.2. The highest BCUT2D eigenvalue weighted by atomic mass is 14.8. The van der Waals surface area contributed by atoms with Crippen molar-refractivity contribution in [1.82, 2.24) is 9.97 Å². The van der Waals surface area contributed by atoms with Gasteiger partial charge >= 0.3 is 0 Å². The van der Waals surface area contributed by atoms with E-state index in [1.807, 2.05) is 0 Å². The maximum absolute atomic E-state index is 4.06. The molecule has 0 atom stereocenters. The Hall–Kier alpha value is -5.86.